The highest BCUT2D eigenvalue weighted by Crippen LogP contribution is 2.28. The number of nitrogens with zero attached hydrogens (tertiary/aromatic N) is 2. The Balaban J connectivity index is 4.92. The van der Waals surface area contributed by atoms with Gasteiger partial charge in [-0.05, 0) is 27.3 Å². The molecule has 0 aliphatic heterocycles. The standard InChI is InChI=1S/C15H37N3O2/c1-11-12-13-17(7,8)20-15(4,5)18(9,10)19-14(2,3)16-6/h16H,11-13H2,1-10H3/q+2. The molecular formula is C15H37N3O2+2. The summed E-state index contributed by atoms with van der Waals surface area (Å²) in [5, 5.41) is 3.17. The van der Waals surface area contributed by atoms with Gasteiger partial charge in [-0.15, -0.1) is 4.84 Å². The van der Waals surface area contributed by atoms with Crippen LogP contribution < -0.4 is 5.32 Å². The van der Waals surface area contributed by atoms with Gasteiger partial charge in [0, 0.05) is 13.8 Å². The molecule has 0 aromatic rings. The summed E-state index contributed by atoms with van der Waals surface area (Å²) in [6.07, 6.45) is 2.33. The molecule has 0 heterocycles. The average Bonchev–Trinajstić information content (AvgIpc) is 2.23. The third-order valence-corrected chi connectivity index (χ3v) is 3.88. The van der Waals surface area contributed by atoms with Crippen molar-refractivity contribution in [2.24, 2.45) is 0 Å². The molecule has 20 heavy (non-hydrogen) atoms. The second-order valence-corrected chi connectivity index (χ2v) is 7.39. The minimum absolute atomic E-state index is 0.314. The maximum absolute atomic E-state index is 6.34. The van der Waals surface area contributed by atoms with Gasteiger partial charge in [0.1, 0.15) is 20.6 Å². The number of hydrogen-bond donors (Lipinski definition) is 1. The van der Waals surface area contributed by atoms with Gasteiger partial charge in [0.05, 0.1) is 14.1 Å². The summed E-state index contributed by atoms with van der Waals surface area (Å²) in [4.78, 5) is 12.5. The zero-order valence-corrected chi connectivity index (χ0v) is 15.3. The monoisotopic (exact) mass is 291 g/mol. The highest BCUT2D eigenvalue weighted by Gasteiger charge is 2.48. The lowest BCUT2D eigenvalue weighted by atomic mass is 10.2. The molecule has 0 radical (unpaired) electrons. The van der Waals surface area contributed by atoms with Crippen molar-refractivity contribution in [2.45, 2.75) is 58.9 Å². The summed E-state index contributed by atoms with van der Waals surface area (Å²) in [7, 11) is 10.1. The van der Waals surface area contributed by atoms with E-state index in [0.717, 1.165) is 13.0 Å². The Hall–Kier alpha value is -0.200. The van der Waals surface area contributed by atoms with E-state index in [9.17, 15) is 0 Å². The fourth-order valence-corrected chi connectivity index (χ4v) is 2.01. The van der Waals surface area contributed by atoms with Crippen molar-refractivity contribution in [3.05, 3.63) is 0 Å². The van der Waals surface area contributed by atoms with E-state index in [4.69, 9.17) is 9.68 Å². The molecule has 0 saturated heterocycles. The molecular weight excluding hydrogens is 254 g/mol. The van der Waals surface area contributed by atoms with E-state index in [0.29, 0.717) is 9.29 Å². The molecule has 0 amide bonds. The topological polar surface area (TPSA) is 30.5 Å². The molecule has 0 spiro atoms. The molecule has 122 valence electrons. The minimum Gasteiger partial charge on any atom is -0.288 e. The summed E-state index contributed by atoms with van der Waals surface area (Å²) >= 11 is 0. The summed E-state index contributed by atoms with van der Waals surface area (Å²) < 4.78 is 0.848. The van der Waals surface area contributed by atoms with E-state index < -0.39 is 11.4 Å². The second kappa shape index (κ2) is 6.71. The van der Waals surface area contributed by atoms with Gasteiger partial charge in [-0.1, -0.05) is 13.3 Å². The van der Waals surface area contributed by atoms with Crippen molar-refractivity contribution in [1.82, 2.24) is 5.32 Å². The Morgan fingerprint density at radius 3 is 1.85 bits per heavy atom. The van der Waals surface area contributed by atoms with Crippen LogP contribution in [0.25, 0.3) is 0 Å². The second-order valence-electron chi connectivity index (χ2n) is 7.39. The van der Waals surface area contributed by atoms with Gasteiger partial charge >= 0.3 is 0 Å². The molecule has 1 N–H and O–H groups in total. The van der Waals surface area contributed by atoms with Crippen molar-refractivity contribution < 1.29 is 19.0 Å². The number of unbranched alkanes of at least 4 members (excludes halogenated alkanes) is 1. The lowest BCUT2D eigenvalue weighted by Crippen LogP contribution is -2.65. The highest BCUT2D eigenvalue weighted by molar-refractivity contribution is 4.59. The summed E-state index contributed by atoms with van der Waals surface area (Å²) in [5.41, 5.74) is -0.879. The predicted molar refractivity (Wildman–Crippen MR) is 83.4 cm³/mol. The third kappa shape index (κ3) is 6.06. The minimum atomic E-state index is -0.467. The van der Waals surface area contributed by atoms with E-state index in [2.05, 4.69) is 40.2 Å². The van der Waals surface area contributed by atoms with E-state index in [-0.39, 0.29) is 0 Å². The number of hydroxylamine groups is 6. The van der Waals surface area contributed by atoms with Crippen LogP contribution in [0.15, 0.2) is 0 Å². The molecule has 0 aliphatic rings. The molecule has 0 aromatic heterocycles. The predicted octanol–water partition coefficient (Wildman–Crippen LogP) is 2.49. The van der Waals surface area contributed by atoms with Crippen LogP contribution in [0, 0.1) is 0 Å². The largest absolute Gasteiger partial charge is 0.288 e. The molecule has 0 unspecified atom stereocenters. The molecule has 0 rings (SSSR count). The maximum Gasteiger partial charge on any atom is 0.277 e. The van der Waals surface area contributed by atoms with E-state index in [1.807, 2.05) is 35.0 Å². The Labute approximate surface area is 125 Å². The molecule has 5 heteroatoms. The number of rotatable bonds is 9. The Morgan fingerprint density at radius 2 is 1.45 bits per heavy atom. The molecule has 0 bridgehead atoms. The summed E-state index contributed by atoms with van der Waals surface area (Å²) in [6, 6.07) is 0. The van der Waals surface area contributed by atoms with Crippen molar-refractivity contribution in [1.29, 1.82) is 0 Å². The van der Waals surface area contributed by atoms with E-state index >= 15 is 0 Å². The van der Waals surface area contributed by atoms with Gasteiger partial charge in [0.15, 0.2) is 5.72 Å². The van der Waals surface area contributed by atoms with Crippen molar-refractivity contribution in [2.75, 3.05) is 41.8 Å². The number of nitrogens with one attached hydrogen (secondary N) is 1. The maximum atomic E-state index is 6.34. The van der Waals surface area contributed by atoms with Gasteiger partial charge in [-0.25, -0.2) is 0 Å². The van der Waals surface area contributed by atoms with Crippen LogP contribution in [0.5, 0.6) is 0 Å². The molecule has 0 atom stereocenters. The first-order valence-corrected chi connectivity index (χ1v) is 7.56. The van der Waals surface area contributed by atoms with Crippen molar-refractivity contribution in [3.63, 3.8) is 0 Å². The molecule has 5 nitrogen and oxygen atoms in total. The fraction of sp³-hybridized carbons (Fsp3) is 1.00. The van der Waals surface area contributed by atoms with Gasteiger partial charge < -0.3 is 0 Å². The average molecular weight is 291 g/mol. The molecule has 0 saturated carbocycles. The van der Waals surface area contributed by atoms with Crippen molar-refractivity contribution in [3.8, 4) is 0 Å². The van der Waals surface area contributed by atoms with Crippen LogP contribution in [0.2, 0.25) is 0 Å². The van der Waals surface area contributed by atoms with Crippen LogP contribution in [-0.2, 0) is 9.68 Å². The molecule has 0 fully saturated rings. The fourth-order valence-electron chi connectivity index (χ4n) is 2.01. The Morgan fingerprint density at radius 1 is 0.950 bits per heavy atom. The normalized spacial score (nSPS) is 14.7. The zero-order chi connectivity index (χ0) is 16.2. The van der Waals surface area contributed by atoms with Crippen LogP contribution in [0.4, 0.5) is 0 Å². The van der Waals surface area contributed by atoms with Gasteiger partial charge in [0.2, 0.25) is 0 Å². The quantitative estimate of drug-likeness (QED) is 0.402. The molecule has 0 aromatic carbocycles. The Bertz CT molecular complexity index is 299. The van der Waals surface area contributed by atoms with Gasteiger partial charge in [-0.2, -0.15) is 14.1 Å². The molecule has 0 aliphatic carbocycles. The van der Waals surface area contributed by atoms with Gasteiger partial charge in [-0.3, -0.25) is 5.32 Å². The first kappa shape index (κ1) is 19.8. The van der Waals surface area contributed by atoms with E-state index in [1.54, 1.807) is 0 Å². The zero-order valence-electron chi connectivity index (χ0n) is 15.3. The smallest absolute Gasteiger partial charge is 0.277 e. The summed E-state index contributed by atoms with van der Waals surface area (Å²) in [5.74, 6) is 0. The van der Waals surface area contributed by atoms with Crippen LogP contribution in [0.3, 0.4) is 0 Å². The van der Waals surface area contributed by atoms with Crippen LogP contribution in [-0.4, -0.2) is 62.5 Å². The Kier molecular flexibility index (Phi) is 6.64. The lowest BCUT2D eigenvalue weighted by Gasteiger charge is -2.46. The summed E-state index contributed by atoms with van der Waals surface area (Å²) in [6.45, 7) is 11.4. The van der Waals surface area contributed by atoms with Gasteiger partial charge in [0.25, 0.3) is 5.72 Å². The third-order valence-electron chi connectivity index (χ3n) is 3.88. The lowest BCUT2D eigenvalue weighted by molar-refractivity contribution is -1.21. The van der Waals surface area contributed by atoms with Crippen LogP contribution >= 0.6 is 0 Å². The SMILES string of the molecule is CCCC[N+](C)(C)OC(C)(C)[N+](C)(C)OC(C)(C)NC. The van der Waals surface area contributed by atoms with Crippen molar-refractivity contribution >= 4 is 0 Å². The van der Waals surface area contributed by atoms with Crippen LogP contribution in [0.1, 0.15) is 47.5 Å². The van der Waals surface area contributed by atoms with E-state index in [1.165, 1.54) is 6.42 Å². The number of quaternary nitrogens is 2. The number of hydrogen-bond acceptors (Lipinski definition) is 3. The highest BCUT2D eigenvalue weighted by atomic mass is 16.8. The first-order chi connectivity index (χ1) is 8.79. The first-order valence-electron chi connectivity index (χ1n) is 7.56.